The lowest BCUT2D eigenvalue weighted by atomic mass is 10.3. The Balaban J connectivity index is 2.01. The molecule has 0 radical (unpaired) electrons. The van der Waals surface area contributed by atoms with Crippen LogP contribution in [0.5, 0.6) is 0 Å². The van der Waals surface area contributed by atoms with Crippen LogP contribution in [0.1, 0.15) is 15.3 Å². The van der Waals surface area contributed by atoms with Crippen molar-refractivity contribution in [2.45, 2.75) is 20.4 Å². The van der Waals surface area contributed by atoms with Gasteiger partial charge in [0.15, 0.2) is 0 Å². The summed E-state index contributed by atoms with van der Waals surface area (Å²) < 4.78 is 0. The molecule has 4 heteroatoms. The molecule has 0 unspecified atom stereocenters. The monoisotopic (exact) mass is 247 g/mol. The van der Waals surface area contributed by atoms with Crippen molar-refractivity contribution in [3.05, 3.63) is 39.6 Å². The van der Waals surface area contributed by atoms with Crippen LogP contribution in [0.15, 0.2) is 24.3 Å². The maximum atomic E-state index is 4.42. The van der Waals surface area contributed by atoms with E-state index >= 15 is 0 Å². The Morgan fingerprint density at radius 2 is 2.00 bits per heavy atom. The molecule has 0 aliphatic rings. The quantitative estimate of drug-likeness (QED) is 0.869. The highest BCUT2D eigenvalue weighted by Gasteiger charge is 2.02. The van der Waals surface area contributed by atoms with E-state index in [4.69, 9.17) is 0 Å². The van der Waals surface area contributed by atoms with E-state index in [1.165, 1.54) is 15.3 Å². The number of pyridine rings is 1. The first-order valence-electron chi connectivity index (χ1n) is 5.63. The van der Waals surface area contributed by atoms with Gasteiger partial charge in [-0.15, -0.1) is 11.3 Å². The Bertz CT molecular complexity index is 486. The minimum atomic E-state index is 0.833. The third kappa shape index (κ3) is 2.97. The van der Waals surface area contributed by atoms with Crippen molar-refractivity contribution in [3.8, 4) is 0 Å². The fourth-order valence-corrected chi connectivity index (χ4v) is 2.58. The summed E-state index contributed by atoms with van der Waals surface area (Å²) in [4.78, 5) is 7.15. The van der Waals surface area contributed by atoms with E-state index in [1.807, 2.05) is 36.6 Å². The fraction of sp³-hybridized carbons (Fsp3) is 0.308. The Morgan fingerprint density at radius 3 is 2.65 bits per heavy atom. The first-order valence-corrected chi connectivity index (χ1v) is 6.45. The molecule has 0 aromatic carbocycles. The third-order valence-electron chi connectivity index (χ3n) is 2.67. The molecule has 2 aromatic rings. The summed E-state index contributed by atoms with van der Waals surface area (Å²) in [5.74, 6) is 1.79. The van der Waals surface area contributed by atoms with Crippen molar-refractivity contribution >= 4 is 23.0 Å². The zero-order chi connectivity index (χ0) is 12.3. The predicted molar refractivity (Wildman–Crippen MR) is 74.9 cm³/mol. The Kier molecular flexibility index (Phi) is 3.64. The number of anilines is 2. The Labute approximate surface area is 106 Å². The van der Waals surface area contributed by atoms with Gasteiger partial charge in [0.05, 0.1) is 6.54 Å². The lowest BCUT2D eigenvalue weighted by Crippen LogP contribution is -2.01. The molecular weight excluding hydrogens is 230 g/mol. The summed E-state index contributed by atoms with van der Waals surface area (Å²) in [7, 11) is 1.87. The van der Waals surface area contributed by atoms with Crippen molar-refractivity contribution in [1.29, 1.82) is 0 Å². The average molecular weight is 247 g/mol. The standard InChI is InChI=1S/C13H17N3S/c1-9-7-11(17-10(9)2)8-15-13-6-4-5-12(14-3)16-13/h4-7H,8H2,1-3H3,(H2,14,15,16). The highest BCUT2D eigenvalue weighted by molar-refractivity contribution is 7.12. The maximum absolute atomic E-state index is 4.42. The van der Waals surface area contributed by atoms with Gasteiger partial charge in [-0.2, -0.15) is 0 Å². The number of hydrogen-bond donors (Lipinski definition) is 2. The maximum Gasteiger partial charge on any atom is 0.128 e. The van der Waals surface area contributed by atoms with Gasteiger partial charge in [0.2, 0.25) is 0 Å². The van der Waals surface area contributed by atoms with E-state index in [1.54, 1.807) is 0 Å². The molecule has 0 aliphatic carbocycles. The fourth-order valence-electron chi connectivity index (χ4n) is 1.59. The zero-order valence-electron chi connectivity index (χ0n) is 10.4. The third-order valence-corrected chi connectivity index (χ3v) is 3.82. The number of hydrogen-bond acceptors (Lipinski definition) is 4. The van der Waals surface area contributed by atoms with Crippen molar-refractivity contribution < 1.29 is 0 Å². The van der Waals surface area contributed by atoms with Crippen LogP contribution in [0.2, 0.25) is 0 Å². The first kappa shape index (κ1) is 11.9. The van der Waals surface area contributed by atoms with Gasteiger partial charge in [0.1, 0.15) is 11.6 Å². The molecule has 2 aromatic heterocycles. The van der Waals surface area contributed by atoms with Crippen LogP contribution < -0.4 is 10.6 Å². The second-order valence-corrected chi connectivity index (χ2v) is 5.30. The van der Waals surface area contributed by atoms with Gasteiger partial charge in [-0.1, -0.05) is 6.07 Å². The van der Waals surface area contributed by atoms with Crippen molar-refractivity contribution in [2.24, 2.45) is 0 Å². The van der Waals surface area contributed by atoms with E-state index in [0.717, 1.165) is 18.2 Å². The normalized spacial score (nSPS) is 10.3. The predicted octanol–water partition coefficient (Wildman–Crippen LogP) is 3.41. The van der Waals surface area contributed by atoms with E-state index in [2.05, 4.69) is 35.5 Å². The lowest BCUT2D eigenvalue weighted by molar-refractivity contribution is 1.14. The molecular formula is C13H17N3S. The second-order valence-electron chi connectivity index (χ2n) is 3.96. The largest absolute Gasteiger partial charge is 0.373 e. The number of rotatable bonds is 4. The number of nitrogens with one attached hydrogen (secondary N) is 2. The highest BCUT2D eigenvalue weighted by Crippen LogP contribution is 2.21. The van der Waals surface area contributed by atoms with Crippen LogP contribution in [0, 0.1) is 13.8 Å². The van der Waals surface area contributed by atoms with Crippen molar-refractivity contribution in [3.63, 3.8) is 0 Å². The summed E-state index contributed by atoms with van der Waals surface area (Å²) in [5, 5.41) is 6.37. The smallest absolute Gasteiger partial charge is 0.128 e. The molecule has 2 N–H and O–H groups in total. The summed E-state index contributed by atoms with van der Waals surface area (Å²) in [5.41, 5.74) is 1.36. The van der Waals surface area contributed by atoms with Crippen LogP contribution in [0.3, 0.4) is 0 Å². The average Bonchev–Trinajstić information content (AvgIpc) is 2.67. The first-order chi connectivity index (χ1) is 8.19. The second kappa shape index (κ2) is 5.19. The topological polar surface area (TPSA) is 37.0 Å². The van der Waals surface area contributed by atoms with E-state index in [-0.39, 0.29) is 0 Å². The summed E-state index contributed by atoms with van der Waals surface area (Å²) >= 11 is 1.84. The molecule has 0 fully saturated rings. The minimum absolute atomic E-state index is 0.833. The molecule has 3 nitrogen and oxygen atoms in total. The van der Waals surface area contributed by atoms with Gasteiger partial charge in [0, 0.05) is 16.8 Å². The Morgan fingerprint density at radius 1 is 1.24 bits per heavy atom. The van der Waals surface area contributed by atoms with Crippen LogP contribution in [0.4, 0.5) is 11.6 Å². The van der Waals surface area contributed by atoms with E-state index in [0.29, 0.717) is 0 Å². The zero-order valence-corrected chi connectivity index (χ0v) is 11.2. The molecule has 0 atom stereocenters. The van der Waals surface area contributed by atoms with Crippen LogP contribution in [-0.2, 0) is 6.54 Å². The number of thiophene rings is 1. The molecule has 17 heavy (non-hydrogen) atoms. The molecule has 2 rings (SSSR count). The minimum Gasteiger partial charge on any atom is -0.373 e. The number of aryl methyl sites for hydroxylation is 2. The molecule has 0 saturated carbocycles. The molecule has 0 spiro atoms. The van der Waals surface area contributed by atoms with Gasteiger partial charge in [-0.25, -0.2) is 4.98 Å². The number of nitrogens with zero attached hydrogens (tertiary/aromatic N) is 1. The Hall–Kier alpha value is -1.55. The molecule has 90 valence electrons. The van der Waals surface area contributed by atoms with Gasteiger partial charge in [0.25, 0.3) is 0 Å². The van der Waals surface area contributed by atoms with Crippen LogP contribution >= 0.6 is 11.3 Å². The summed E-state index contributed by atoms with van der Waals surface area (Å²) in [6.45, 7) is 5.14. The van der Waals surface area contributed by atoms with E-state index < -0.39 is 0 Å². The van der Waals surface area contributed by atoms with Gasteiger partial charge in [-0.3, -0.25) is 0 Å². The summed E-state index contributed by atoms with van der Waals surface area (Å²) in [6.07, 6.45) is 0. The van der Waals surface area contributed by atoms with Crippen molar-refractivity contribution in [2.75, 3.05) is 17.7 Å². The molecule has 0 amide bonds. The van der Waals surface area contributed by atoms with Gasteiger partial charge >= 0.3 is 0 Å². The molecule has 0 aliphatic heterocycles. The van der Waals surface area contributed by atoms with Gasteiger partial charge < -0.3 is 10.6 Å². The van der Waals surface area contributed by atoms with Crippen molar-refractivity contribution in [1.82, 2.24) is 4.98 Å². The molecule has 0 bridgehead atoms. The number of aromatic nitrogens is 1. The molecule has 0 saturated heterocycles. The van der Waals surface area contributed by atoms with Crippen LogP contribution in [0.25, 0.3) is 0 Å². The SMILES string of the molecule is CNc1cccc(NCc2cc(C)c(C)s2)n1. The van der Waals surface area contributed by atoms with E-state index in [9.17, 15) is 0 Å². The lowest BCUT2D eigenvalue weighted by Gasteiger charge is -2.05. The molecule has 2 heterocycles. The highest BCUT2D eigenvalue weighted by atomic mass is 32.1. The summed E-state index contributed by atoms with van der Waals surface area (Å²) in [6, 6.07) is 8.15. The van der Waals surface area contributed by atoms with Crippen LogP contribution in [-0.4, -0.2) is 12.0 Å². The van der Waals surface area contributed by atoms with Gasteiger partial charge in [-0.05, 0) is 37.6 Å².